The Bertz CT molecular complexity index is 641. The third-order valence-electron chi connectivity index (χ3n) is 3.35. The van der Waals surface area contributed by atoms with Crippen LogP contribution in [0.15, 0.2) is 24.3 Å². The molecular weight excluding hydrogens is 258 g/mol. The Balaban J connectivity index is 2.03. The molecule has 1 aliphatic carbocycles. The molecule has 1 N–H and O–H groups in total. The van der Waals surface area contributed by atoms with Gasteiger partial charge < -0.3 is 5.11 Å². The molecule has 1 aliphatic rings. The number of phenolic OH excluding ortho intramolecular Hbond substituents is 1. The lowest BCUT2D eigenvalue weighted by Crippen LogP contribution is -2.25. The van der Waals surface area contributed by atoms with Crippen LogP contribution in [-0.4, -0.2) is 15.9 Å². The van der Waals surface area contributed by atoms with E-state index in [4.69, 9.17) is 0 Å². The van der Waals surface area contributed by atoms with Gasteiger partial charge in [0.1, 0.15) is 10.8 Å². The van der Waals surface area contributed by atoms with Crippen molar-refractivity contribution >= 4 is 17.1 Å². The summed E-state index contributed by atoms with van der Waals surface area (Å²) >= 11 is 1.46. The van der Waals surface area contributed by atoms with Gasteiger partial charge in [0, 0.05) is 12.0 Å². The first-order valence-corrected chi connectivity index (χ1v) is 7.09. The van der Waals surface area contributed by atoms with Gasteiger partial charge in [0.25, 0.3) is 0 Å². The fraction of sp³-hybridized carbons (Fsp3) is 0.333. The summed E-state index contributed by atoms with van der Waals surface area (Å²) in [5, 5.41) is 10.2. The van der Waals surface area contributed by atoms with E-state index >= 15 is 0 Å². The molecule has 19 heavy (non-hydrogen) atoms. The summed E-state index contributed by atoms with van der Waals surface area (Å²) in [5.41, 5.74) is 1.88. The van der Waals surface area contributed by atoms with Crippen LogP contribution in [0, 0.1) is 5.41 Å². The number of thiazole rings is 1. The first-order chi connectivity index (χ1) is 8.94. The van der Waals surface area contributed by atoms with Crippen molar-refractivity contribution in [1.29, 1.82) is 0 Å². The molecule has 1 aromatic heterocycles. The van der Waals surface area contributed by atoms with Gasteiger partial charge in [0.15, 0.2) is 5.78 Å². The molecule has 4 heteroatoms. The van der Waals surface area contributed by atoms with Crippen molar-refractivity contribution < 1.29 is 9.90 Å². The van der Waals surface area contributed by atoms with Gasteiger partial charge in [0.2, 0.25) is 0 Å². The number of hydrogen-bond donors (Lipinski definition) is 1. The van der Waals surface area contributed by atoms with Gasteiger partial charge >= 0.3 is 0 Å². The van der Waals surface area contributed by atoms with Crippen LogP contribution in [-0.2, 0) is 6.42 Å². The standard InChI is InChI=1S/C15H15NO2S/c1-15(2)7-11-13(12(18)8-15)19-14(16-11)9-3-5-10(17)6-4-9/h3-6,17H,7-8H2,1-2H3. The largest absolute Gasteiger partial charge is 0.508 e. The first-order valence-electron chi connectivity index (χ1n) is 6.27. The first kappa shape index (κ1) is 12.4. The fourth-order valence-corrected chi connectivity index (χ4v) is 3.47. The number of benzene rings is 1. The highest BCUT2D eigenvalue weighted by Gasteiger charge is 2.33. The molecule has 0 aliphatic heterocycles. The van der Waals surface area contributed by atoms with Gasteiger partial charge in [-0.1, -0.05) is 13.8 Å². The van der Waals surface area contributed by atoms with Crippen LogP contribution < -0.4 is 0 Å². The summed E-state index contributed by atoms with van der Waals surface area (Å²) in [6.07, 6.45) is 1.44. The fourth-order valence-electron chi connectivity index (χ4n) is 2.45. The molecule has 0 fully saturated rings. The van der Waals surface area contributed by atoms with Crippen LogP contribution in [0.5, 0.6) is 5.75 Å². The minimum absolute atomic E-state index is 0.00435. The summed E-state index contributed by atoms with van der Waals surface area (Å²) in [6.45, 7) is 4.21. The second kappa shape index (κ2) is 4.17. The summed E-state index contributed by atoms with van der Waals surface area (Å²) < 4.78 is 0. The molecule has 0 unspecified atom stereocenters. The van der Waals surface area contributed by atoms with E-state index in [1.54, 1.807) is 12.1 Å². The number of fused-ring (bicyclic) bond motifs is 1. The van der Waals surface area contributed by atoms with E-state index in [0.29, 0.717) is 6.42 Å². The number of carbonyl (C=O) groups is 1. The summed E-state index contributed by atoms with van der Waals surface area (Å²) in [6, 6.07) is 6.94. The van der Waals surface area contributed by atoms with Crippen molar-refractivity contribution in [2.75, 3.05) is 0 Å². The number of phenols is 1. The number of nitrogens with zero attached hydrogens (tertiary/aromatic N) is 1. The molecule has 3 nitrogen and oxygen atoms in total. The number of hydrogen-bond acceptors (Lipinski definition) is 4. The number of Topliss-reactive ketones (excluding diaryl/α,β-unsaturated/α-hetero) is 1. The highest BCUT2D eigenvalue weighted by Crippen LogP contribution is 2.39. The zero-order valence-corrected chi connectivity index (χ0v) is 11.8. The molecule has 0 spiro atoms. The van der Waals surface area contributed by atoms with Crippen LogP contribution in [0.3, 0.4) is 0 Å². The quantitative estimate of drug-likeness (QED) is 0.862. The number of aromatic hydroxyl groups is 1. The van der Waals surface area contributed by atoms with E-state index in [-0.39, 0.29) is 16.9 Å². The van der Waals surface area contributed by atoms with Crippen molar-refractivity contribution in [3.63, 3.8) is 0 Å². The lowest BCUT2D eigenvalue weighted by Gasteiger charge is -2.26. The zero-order chi connectivity index (χ0) is 13.6. The normalized spacial score (nSPS) is 17.3. The molecule has 0 atom stereocenters. The molecule has 3 rings (SSSR count). The number of ketones is 1. The molecule has 0 bridgehead atoms. The van der Waals surface area contributed by atoms with Crippen LogP contribution in [0.25, 0.3) is 10.6 Å². The van der Waals surface area contributed by atoms with Crippen LogP contribution >= 0.6 is 11.3 Å². The van der Waals surface area contributed by atoms with Crippen molar-refractivity contribution in [1.82, 2.24) is 4.98 Å². The van der Waals surface area contributed by atoms with Crippen LogP contribution in [0.4, 0.5) is 0 Å². The average molecular weight is 273 g/mol. The molecule has 0 radical (unpaired) electrons. The van der Waals surface area contributed by atoms with Gasteiger partial charge in [-0.05, 0) is 36.1 Å². The highest BCUT2D eigenvalue weighted by atomic mass is 32.1. The second-order valence-electron chi connectivity index (χ2n) is 5.78. The Morgan fingerprint density at radius 2 is 1.89 bits per heavy atom. The minimum atomic E-state index is 0.00435. The second-order valence-corrected chi connectivity index (χ2v) is 6.78. The van der Waals surface area contributed by atoms with Gasteiger partial charge in [-0.2, -0.15) is 0 Å². The van der Waals surface area contributed by atoms with Crippen molar-refractivity contribution in [3.05, 3.63) is 34.8 Å². The average Bonchev–Trinajstić information content (AvgIpc) is 2.72. The van der Waals surface area contributed by atoms with E-state index < -0.39 is 0 Å². The molecule has 2 aromatic rings. The van der Waals surface area contributed by atoms with Crippen LogP contribution in [0.2, 0.25) is 0 Å². The highest BCUT2D eigenvalue weighted by molar-refractivity contribution is 7.17. The monoisotopic (exact) mass is 273 g/mol. The summed E-state index contributed by atoms with van der Waals surface area (Å²) in [5.74, 6) is 0.441. The van der Waals surface area contributed by atoms with Gasteiger partial charge in [-0.25, -0.2) is 4.98 Å². The molecule has 98 valence electrons. The van der Waals surface area contributed by atoms with Crippen LogP contribution in [0.1, 0.15) is 35.6 Å². The Morgan fingerprint density at radius 1 is 1.21 bits per heavy atom. The topological polar surface area (TPSA) is 50.2 Å². The van der Waals surface area contributed by atoms with E-state index in [9.17, 15) is 9.90 Å². The maximum Gasteiger partial charge on any atom is 0.175 e. The third-order valence-corrected chi connectivity index (χ3v) is 4.54. The van der Waals surface area contributed by atoms with E-state index in [2.05, 4.69) is 18.8 Å². The lowest BCUT2D eigenvalue weighted by atomic mass is 9.78. The maximum atomic E-state index is 12.1. The molecule has 1 heterocycles. The van der Waals surface area contributed by atoms with Crippen molar-refractivity contribution in [2.24, 2.45) is 5.41 Å². The molecular formula is C15H15NO2S. The molecule has 0 saturated heterocycles. The van der Waals surface area contributed by atoms with E-state index in [1.165, 1.54) is 11.3 Å². The number of rotatable bonds is 1. The van der Waals surface area contributed by atoms with Gasteiger partial charge in [-0.3, -0.25) is 4.79 Å². The minimum Gasteiger partial charge on any atom is -0.508 e. The van der Waals surface area contributed by atoms with E-state index in [1.807, 2.05) is 12.1 Å². The Labute approximate surface area is 115 Å². The van der Waals surface area contributed by atoms with Crippen molar-refractivity contribution in [3.8, 4) is 16.3 Å². The number of carbonyl (C=O) groups excluding carboxylic acids is 1. The predicted octanol–water partition coefficient (Wildman–Crippen LogP) is 3.67. The van der Waals surface area contributed by atoms with Gasteiger partial charge in [0.05, 0.1) is 10.6 Å². The Kier molecular flexibility index (Phi) is 2.71. The Hall–Kier alpha value is -1.68. The molecule has 0 amide bonds. The summed E-state index contributed by atoms with van der Waals surface area (Å²) in [4.78, 5) is 17.6. The lowest BCUT2D eigenvalue weighted by molar-refractivity contribution is 0.0916. The Morgan fingerprint density at radius 3 is 2.58 bits per heavy atom. The number of aromatic nitrogens is 1. The summed E-state index contributed by atoms with van der Waals surface area (Å²) in [7, 11) is 0. The molecule has 1 aromatic carbocycles. The maximum absolute atomic E-state index is 12.1. The van der Waals surface area contributed by atoms with Crippen molar-refractivity contribution in [2.45, 2.75) is 26.7 Å². The smallest absolute Gasteiger partial charge is 0.175 e. The SMILES string of the molecule is CC1(C)CC(=O)c2sc(-c3ccc(O)cc3)nc2C1. The van der Waals surface area contributed by atoms with E-state index in [0.717, 1.165) is 27.6 Å². The van der Waals surface area contributed by atoms with Gasteiger partial charge in [-0.15, -0.1) is 11.3 Å². The molecule has 0 saturated carbocycles. The predicted molar refractivity (Wildman–Crippen MR) is 75.6 cm³/mol. The third kappa shape index (κ3) is 2.28. The zero-order valence-electron chi connectivity index (χ0n) is 10.9.